The van der Waals surface area contributed by atoms with Crippen LogP contribution in [0.2, 0.25) is 5.02 Å². The smallest absolute Gasteiger partial charge is 0.293 e. The maximum atomic E-state index is 13.1. The summed E-state index contributed by atoms with van der Waals surface area (Å²) < 4.78 is 22.3. The molecule has 3 aromatic rings. The SMILES string of the molecule is CCOc1cc(/C=C2\SC(=O)N(Cc3cc4c(cc3Cl)OCO4)C2=O)ccc1OCc1cccc([N+](=O)[O-])c1. The summed E-state index contributed by atoms with van der Waals surface area (Å²) in [6.07, 6.45) is 1.61. The molecular weight excluding hydrogens is 548 g/mol. The summed E-state index contributed by atoms with van der Waals surface area (Å²) in [5.74, 6) is 1.45. The normalized spacial score (nSPS) is 15.2. The Morgan fingerprint density at radius 1 is 1.08 bits per heavy atom. The number of benzene rings is 3. The summed E-state index contributed by atoms with van der Waals surface area (Å²) in [7, 11) is 0. The van der Waals surface area contributed by atoms with Crippen LogP contribution in [0.3, 0.4) is 0 Å². The van der Waals surface area contributed by atoms with Gasteiger partial charge in [-0.1, -0.05) is 29.8 Å². The van der Waals surface area contributed by atoms with Crippen LogP contribution in [0.5, 0.6) is 23.0 Å². The summed E-state index contributed by atoms with van der Waals surface area (Å²) >= 11 is 7.17. The van der Waals surface area contributed by atoms with Crippen molar-refractivity contribution < 1.29 is 33.5 Å². The fraction of sp³-hybridized carbons (Fsp3) is 0.185. The Morgan fingerprint density at radius 2 is 1.87 bits per heavy atom. The summed E-state index contributed by atoms with van der Waals surface area (Å²) in [5.41, 5.74) is 1.80. The van der Waals surface area contributed by atoms with Gasteiger partial charge in [0.2, 0.25) is 6.79 Å². The predicted octanol–water partition coefficient (Wildman–Crippen LogP) is 6.19. The lowest BCUT2D eigenvalue weighted by Crippen LogP contribution is -2.27. The van der Waals surface area contributed by atoms with Crippen molar-refractivity contribution in [1.82, 2.24) is 4.90 Å². The minimum Gasteiger partial charge on any atom is -0.490 e. The topological polar surface area (TPSA) is 117 Å². The molecule has 2 amide bonds. The Kier molecular flexibility index (Phi) is 7.62. The number of nitro benzene ring substituents is 1. The first-order chi connectivity index (χ1) is 18.8. The van der Waals surface area contributed by atoms with Crippen molar-refractivity contribution in [2.75, 3.05) is 13.4 Å². The molecule has 0 atom stereocenters. The zero-order valence-electron chi connectivity index (χ0n) is 20.5. The Balaban J connectivity index is 1.32. The van der Waals surface area contributed by atoms with Gasteiger partial charge in [-0.05, 0) is 59.7 Å². The maximum Gasteiger partial charge on any atom is 0.293 e. The summed E-state index contributed by atoms with van der Waals surface area (Å²) in [6, 6.07) is 14.6. The zero-order chi connectivity index (χ0) is 27.5. The Morgan fingerprint density at radius 3 is 2.64 bits per heavy atom. The molecule has 2 aliphatic heterocycles. The highest BCUT2D eigenvalue weighted by Crippen LogP contribution is 2.40. The van der Waals surface area contributed by atoms with Crippen molar-refractivity contribution in [3.8, 4) is 23.0 Å². The average Bonchev–Trinajstić information content (AvgIpc) is 3.47. The van der Waals surface area contributed by atoms with E-state index in [9.17, 15) is 19.7 Å². The van der Waals surface area contributed by atoms with Crippen molar-refractivity contribution in [2.24, 2.45) is 0 Å². The molecule has 0 bridgehead atoms. The molecule has 0 radical (unpaired) electrons. The molecular formula is C27H21ClN2O8S. The third kappa shape index (κ3) is 5.79. The number of carbonyl (C=O) groups is 2. The quantitative estimate of drug-likeness (QED) is 0.169. The zero-order valence-corrected chi connectivity index (χ0v) is 22.1. The van der Waals surface area contributed by atoms with Crippen LogP contribution >= 0.6 is 23.4 Å². The van der Waals surface area contributed by atoms with Gasteiger partial charge < -0.3 is 18.9 Å². The summed E-state index contributed by atoms with van der Waals surface area (Å²) in [6.45, 7) is 2.36. The van der Waals surface area contributed by atoms with Gasteiger partial charge in [0.15, 0.2) is 23.0 Å². The number of fused-ring (bicyclic) bond motifs is 1. The van der Waals surface area contributed by atoms with E-state index in [0.29, 0.717) is 51.3 Å². The van der Waals surface area contributed by atoms with E-state index < -0.39 is 16.1 Å². The van der Waals surface area contributed by atoms with E-state index >= 15 is 0 Å². The molecule has 2 aliphatic rings. The van der Waals surface area contributed by atoms with Crippen molar-refractivity contribution >= 4 is 46.3 Å². The molecule has 1 saturated heterocycles. The number of hydrogen-bond acceptors (Lipinski definition) is 9. The molecule has 0 saturated carbocycles. The number of rotatable bonds is 9. The van der Waals surface area contributed by atoms with Gasteiger partial charge in [-0.15, -0.1) is 0 Å². The molecule has 39 heavy (non-hydrogen) atoms. The second kappa shape index (κ2) is 11.3. The molecule has 2 heterocycles. The number of amides is 2. The van der Waals surface area contributed by atoms with Gasteiger partial charge in [0.1, 0.15) is 6.61 Å². The van der Waals surface area contributed by atoms with Crippen LogP contribution in [0.1, 0.15) is 23.6 Å². The van der Waals surface area contributed by atoms with Gasteiger partial charge in [0, 0.05) is 23.2 Å². The van der Waals surface area contributed by atoms with E-state index in [1.165, 1.54) is 12.1 Å². The molecule has 10 nitrogen and oxygen atoms in total. The van der Waals surface area contributed by atoms with Gasteiger partial charge in [-0.3, -0.25) is 24.6 Å². The number of thioether (sulfide) groups is 1. The predicted molar refractivity (Wildman–Crippen MR) is 144 cm³/mol. The molecule has 0 unspecified atom stereocenters. The van der Waals surface area contributed by atoms with Crippen LogP contribution in [0.4, 0.5) is 10.5 Å². The maximum absolute atomic E-state index is 13.1. The Hall–Kier alpha value is -4.22. The van der Waals surface area contributed by atoms with Gasteiger partial charge in [0.05, 0.1) is 23.0 Å². The van der Waals surface area contributed by atoms with E-state index in [4.69, 9.17) is 30.5 Å². The highest BCUT2D eigenvalue weighted by molar-refractivity contribution is 8.18. The first-order valence-corrected chi connectivity index (χ1v) is 13.0. The first kappa shape index (κ1) is 26.4. The Bertz CT molecular complexity index is 1510. The van der Waals surface area contributed by atoms with Crippen LogP contribution in [-0.2, 0) is 17.9 Å². The van der Waals surface area contributed by atoms with Crippen LogP contribution in [0.15, 0.2) is 59.5 Å². The van der Waals surface area contributed by atoms with Gasteiger partial charge in [0.25, 0.3) is 16.8 Å². The molecule has 0 aromatic heterocycles. The van der Waals surface area contributed by atoms with Gasteiger partial charge >= 0.3 is 0 Å². The number of halogens is 1. The summed E-state index contributed by atoms with van der Waals surface area (Å²) in [4.78, 5) is 37.7. The highest BCUT2D eigenvalue weighted by Gasteiger charge is 2.35. The number of imide groups is 1. The van der Waals surface area contributed by atoms with Crippen LogP contribution in [-0.4, -0.2) is 34.4 Å². The largest absolute Gasteiger partial charge is 0.490 e. The van der Waals surface area contributed by atoms with Crippen LogP contribution in [0, 0.1) is 10.1 Å². The number of nitro groups is 1. The molecule has 0 N–H and O–H groups in total. The fourth-order valence-corrected chi connectivity index (χ4v) is 5.01. The minimum atomic E-state index is -0.463. The lowest BCUT2D eigenvalue weighted by atomic mass is 10.1. The lowest BCUT2D eigenvalue weighted by molar-refractivity contribution is -0.384. The Labute approximate surface area is 232 Å². The highest BCUT2D eigenvalue weighted by atomic mass is 35.5. The van der Waals surface area contributed by atoms with E-state index in [-0.39, 0.29) is 30.5 Å². The van der Waals surface area contributed by atoms with Crippen molar-refractivity contribution in [1.29, 1.82) is 0 Å². The van der Waals surface area contributed by atoms with Gasteiger partial charge in [-0.2, -0.15) is 0 Å². The number of ether oxygens (including phenoxy) is 4. The first-order valence-electron chi connectivity index (χ1n) is 11.8. The molecule has 1 fully saturated rings. The monoisotopic (exact) mass is 568 g/mol. The molecule has 5 rings (SSSR count). The average molecular weight is 569 g/mol. The molecule has 0 aliphatic carbocycles. The minimum absolute atomic E-state index is 0.00784. The molecule has 3 aromatic carbocycles. The van der Waals surface area contributed by atoms with Crippen LogP contribution in [0.25, 0.3) is 6.08 Å². The van der Waals surface area contributed by atoms with E-state index in [0.717, 1.165) is 16.7 Å². The van der Waals surface area contributed by atoms with E-state index in [2.05, 4.69) is 0 Å². The van der Waals surface area contributed by atoms with Crippen molar-refractivity contribution in [3.05, 3.63) is 91.3 Å². The summed E-state index contributed by atoms with van der Waals surface area (Å²) in [5, 5.41) is 11.0. The third-order valence-corrected chi connectivity index (χ3v) is 7.08. The van der Waals surface area contributed by atoms with Gasteiger partial charge in [-0.25, -0.2) is 0 Å². The van der Waals surface area contributed by atoms with Crippen LogP contribution < -0.4 is 18.9 Å². The molecule has 200 valence electrons. The second-order valence-electron chi connectivity index (χ2n) is 8.42. The number of non-ortho nitro benzene ring substituents is 1. The lowest BCUT2D eigenvalue weighted by Gasteiger charge is -2.14. The fourth-order valence-electron chi connectivity index (χ4n) is 3.96. The standard InChI is InChI=1S/C27H21ClN2O8S/c1-2-35-22-9-16(6-7-21(22)36-14-17-4-3-5-19(8-17)30(33)34)10-25-26(31)29(27(32)39-25)13-18-11-23-24(12-20(18)28)38-15-37-23/h3-12H,2,13-15H2,1H3/b25-10-. The number of carbonyl (C=O) groups excluding carboxylic acids is 2. The third-order valence-electron chi connectivity index (χ3n) is 5.82. The molecule has 12 heteroatoms. The van der Waals surface area contributed by atoms with Crippen molar-refractivity contribution in [2.45, 2.75) is 20.1 Å². The van der Waals surface area contributed by atoms with E-state index in [1.54, 1.807) is 48.5 Å². The second-order valence-corrected chi connectivity index (χ2v) is 9.82. The molecule has 0 spiro atoms. The van der Waals surface area contributed by atoms with E-state index in [1.807, 2.05) is 6.92 Å². The number of nitrogens with zero attached hydrogens (tertiary/aromatic N) is 2. The number of hydrogen-bond donors (Lipinski definition) is 0. The van der Waals surface area contributed by atoms with Crippen molar-refractivity contribution in [3.63, 3.8) is 0 Å².